The first-order chi connectivity index (χ1) is 12.6. The number of likely N-dealkylation sites (N-methyl/N-ethyl adjacent to an activating group) is 1. The van der Waals surface area contributed by atoms with Gasteiger partial charge in [-0.2, -0.15) is 5.26 Å². The lowest BCUT2D eigenvalue weighted by Crippen LogP contribution is -2.28. The Balaban J connectivity index is 2.56. The molecule has 0 spiro atoms. The number of aryl methyl sites for hydroxylation is 1. The van der Waals surface area contributed by atoms with Gasteiger partial charge in [0.2, 0.25) is 11.6 Å². The molecule has 0 aliphatic carbocycles. The lowest BCUT2D eigenvalue weighted by molar-refractivity contribution is -0.386. The van der Waals surface area contributed by atoms with Gasteiger partial charge in [0.15, 0.2) is 11.3 Å². The van der Waals surface area contributed by atoms with Gasteiger partial charge in [0.1, 0.15) is 11.8 Å². The molecule has 2 rings (SSSR count). The average molecular weight is 374 g/mol. The van der Waals surface area contributed by atoms with Crippen molar-refractivity contribution in [2.75, 3.05) is 11.9 Å². The summed E-state index contributed by atoms with van der Waals surface area (Å²) in [6, 6.07) is 3.03. The van der Waals surface area contributed by atoms with Crippen molar-refractivity contribution in [3.63, 3.8) is 0 Å². The van der Waals surface area contributed by atoms with Gasteiger partial charge in [-0.1, -0.05) is 5.16 Å². The van der Waals surface area contributed by atoms with Crippen molar-refractivity contribution >= 4 is 23.2 Å². The number of anilines is 1. The largest absolute Gasteiger partial charge is 0.506 e. The highest BCUT2D eigenvalue weighted by molar-refractivity contribution is 6.11. The van der Waals surface area contributed by atoms with Gasteiger partial charge in [-0.15, -0.1) is 0 Å². The van der Waals surface area contributed by atoms with E-state index in [2.05, 4.69) is 5.16 Å². The summed E-state index contributed by atoms with van der Waals surface area (Å²) in [4.78, 5) is 23.5. The number of rotatable bonds is 4. The zero-order valence-electron chi connectivity index (χ0n) is 14.4. The fourth-order valence-corrected chi connectivity index (χ4v) is 2.20. The molecule has 11 nitrogen and oxygen atoms in total. The minimum Gasteiger partial charge on any atom is -0.506 e. The molecule has 0 aliphatic rings. The van der Waals surface area contributed by atoms with E-state index in [1.54, 1.807) is 13.8 Å². The first-order valence-corrected chi connectivity index (χ1v) is 7.35. The number of aromatic hydroxyl groups is 2. The van der Waals surface area contributed by atoms with E-state index >= 15 is 0 Å². The van der Waals surface area contributed by atoms with Crippen molar-refractivity contribution in [3.05, 3.63) is 44.6 Å². The van der Waals surface area contributed by atoms with E-state index in [4.69, 9.17) is 4.52 Å². The maximum atomic E-state index is 12.6. The summed E-state index contributed by atoms with van der Waals surface area (Å²) in [5, 5.41) is 53.3. The number of carbonyl (C=O) groups excluding carboxylic acids is 1. The number of aliphatic hydroxyl groups excluding tert-OH is 1. The second kappa shape index (κ2) is 7.04. The first-order valence-electron chi connectivity index (χ1n) is 7.35. The van der Waals surface area contributed by atoms with Gasteiger partial charge in [0, 0.05) is 24.2 Å². The summed E-state index contributed by atoms with van der Waals surface area (Å²) in [6.45, 7) is 3.29. The van der Waals surface area contributed by atoms with Gasteiger partial charge in [-0.25, -0.2) is 0 Å². The van der Waals surface area contributed by atoms with E-state index in [0.29, 0.717) is 11.3 Å². The van der Waals surface area contributed by atoms with Crippen LogP contribution in [-0.2, 0) is 4.79 Å². The van der Waals surface area contributed by atoms with Crippen molar-refractivity contribution in [3.8, 4) is 17.6 Å². The maximum absolute atomic E-state index is 12.6. The summed E-state index contributed by atoms with van der Waals surface area (Å²) in [6.07, 6.45) is 0. The summed E-state index contributed by atoms with van der Waals surface area (Å²) in [5.74, 6) is -3.74. The van der Waals surface area contributed by atoms with Crippen LogP contribution in [0.5, 0.6) is 11.5 Å². The number of hydrogen-bond donors (Lipinski definition) is 3. The molecule has 1 amide bonds. The van der Waals surface area contributed by atoms with E-state index in [1.165, 1.54) is 13.1 Å². The zero-order chi connectivity index (χ0) is 20.5. The van der Waals surface area contributed by atoms with Crippen molar-refractivity contribution in [2.24, 2.45) is 0 Å². The molecular formula is C16H14N4O7. The molecule has 2 aromatic rings. The van der Waals surface area contributed by atoms with Gasteiger partial charge < -0.3 is 19.8 Å². The van der Waals surface area contributed by atoms with Crippen LogP contribution in [0, 0.1) is 35.3 Å². The van der Waals surface area contributed by atoms with Crippen LogP contribution in [0.2, 0.25) is 0 Å². The van der Waals surface area contributed by atoms with Crippen LogP contribution >= 0.6 is 0 Å². The third kappa shape index (κ3) is 3.36. The van der Waals surface area contributed by atoms with E-state index in [9.17, 15) is 35.5 Å². The molecule has 0 radical (unpaired) electrons. The molecule has 140 valence electrons. The van der Waals surface area contributed by atoms with Gasteiger partial charge in [0.25, 0.3) is 5.91 Å². The molecule has 0 saturated heterocycles. The van der Waals surface area contributed by atoms with Crippen molar-refractivity contribution in [1.82, 2.24) is 5.16 Å². The minimum atomic E-state index is -1.01. The molecule has 0 unspecified atom stereocenters. The molecule has 1 aromatic carbocycles. The molecule has 11 heteroatoms. The van der Waals surface area contributed by atoms with Crippen LogP contribution in [0.3, 0.4) is 0 Å². The molecule has 3 N–H and O–H groups in total. The highest BCUT2D eigenvalue weighted by Gasteiger charge is 2.27. The Morgan fingerprint density at radius 2 is 2.00 bits per heavy atom. The Kier molecular flexibility index (Phi) is 5.02. The number of phenols is 2. The lowest BCUT2D eigenvalue weighted by atomic mass is 10.1. The summed E-state index contributed by atoms with van der Waals surface area (Å²) in [7, 11) is 1.29. The summed E-state index contributed by atoms with van der Waals surface area (Å²) in [5.41, 5.74) is -1.00. The third-order valence-electron chi connectivity index (χ3n) is 3.84. The highest BCUT2D eigenvalue weighted by atomic mass is 16.6. The molecule has 0 atom stereocenters. The third-order valence-corrected chi connectivity index (χ3v) is 3.84. The van der Waals surface area contributed by atoms with Crippen molar-refractivity contribution in [2.45, 2.75) is 13.8 Å². The maximum Gasteiger partial charge on any atom is 0.315 e. The topological polar surface area (TPSA) is 174 Å². The van der Waals surface area contributed by atoms with Crippen LogP contribution in [0.25, 0.3) is 5.76 Å². The SMILES string of the molecule is Cc1noc(N(C)C(=O)/C(C#N)=C(\O)c2cc(O)c(O)c([N+](=O)[O-])c2)c1C. The Hall–Kier alpha value is -4.07. The molecule has 0 bridgehead atoms. The Labute approximate surface area is 152 Å². The average Bonchev–Trinajstić information content (AvgIpc) is 2.95. The Morgan fingerprint density at radius 3 is 2.48 bits per heavy atom. The predicted molar refractivity (Wildman–Crippen MR) is 91.0 cm³/mol. The zero-order valence-corrected chi connectivity index (χ0v) is 14.4. The molecule has 1 heterocycles. The number of aromatic nitrogens is 1. The number of nitriles is 1. The second-order valence-corrected chi connectivity index (χ2v) is 5.52. The fourth-order valence-electron chi connectivity index (χ4n) is 2.20. The Bertz CT molecular complexity index is 1020. The Morgan fingerprint density at radius 1 is 1.37 bits per heavy atom. The van der Waals surface area contributed by atoms with Gasteiger partial charge in [-0.05, 0) is 19.9 Å². The van der Waals surface area contributed by atoms with Crippen LogP contribution < -0.4 is 4.90 Å². The number of benzene rings is 1. The number of phenolic OH excluding ortho intramolecular Hbond substituents is 2. The number of nitro groups is 1. The van der Waals surface area contributed by atoms with E-state index < -0.39 is 44.9 Å². The smallest absolute Gasteiger partial charge is 0.315 e. The summed E-state index contributed by atoms with van der Waals surface area (Å²) >= 11 is 0. The van der Waals surface area contributed by atoms with Crippen LogP contribution in [0.15, 0.2) is 22.2 Å². The van der Waals surface area contributed by atoms with E-state index in [1.807, 2.05) is 0 Å². The van der Waals surface area contributed by atoms with E-state index in [-0.39, 0.29) is 5.88 Å². The van der Waals surface area contributed by atoms with E-state index in [0.717, 1.165) is 17.0 Å². The van der Waals surface area contributed by atoms with Crippen molar-refractivity contribution < 1.29 is 29.6 Å². The van der Waals surface area contributed by atoms with Gasteiger partial charge in [0.05, 0.1) is 10.6 Å². The number of carbonyl (C=O) groups is 1. The van der Waals surface area contributed by atoms with Crippen LogP contribution in [-0.4, -0.2) is 38.4 Å². The predicted octanol–water partition coefficient (Wildman–Crippen LogP) is 2.07. The normalized spacial score (nSPS) is 11.5. The van der Waals surface area contributed by atoms with Crippen molar-refractivity contribution in [1.29, 1.82) is 5.26 Å². The molecule has 0 aliphatic heterocycles. The quantitative estimate of drug-likeness (QED) is 0.181. The van der Waals surface area contributed by atoms with Crippen LogP contribution in [0.1, 0.15) is 16.8 Å². The van der Waals surface area contributed by atoms with Gasteiger partial charge in [-0.3, -0.25) is 19.8 Å². The number of nitro benzene ring substituents is 1. The fraction of sp³-hybridized carbons (Fsp3) is 0.188. The monoisotopic (exact) mass is 374 g/mol. The molecule has 0 saturated carbocycles. The van der Waals surface area contributed by atoms with Crippen LogP contribution in [0.4, 0.5) is 11.6 Å². The first kappa shape index (κ1) is 19.3. The number of amides is 1. The molecular weight excluding hydrogens is 360 g/mol. The summed E-state index contributed by atoms with van der Waals surface area (Å²) < 4.78 is 5.02. The standard InChI is InChI=1S/C16H14N4O7/c1-7-8(2)18-27-16(7)19(3)15(24)10(6-17)13(22)9-4-11(20(25)26)14(23)12(21)5-9/h4-5,21-23H,1-3H3/b13-10-. The lowest BCUT2D eigenvalue weighted by Gasteiger charge is -2.14. The molecule has 0 fully saturated rings. The minimum absolute atomic E-state index is 0.0533. The molecule has 27 heavy (non-hydrogen) atoms. The van der Waals surface area contributed by atoms with Gasteiger partial charge >= 0.3 is 5.69 Å². The number of hydrogen-bond acceptors (Lipinski definition) is 9. The molecule has 1 aromatic heterocycles. The highest BCUT2D eigenvalue weighted by Crippen LogP contribution is 2.38. The number of nitrogens with zero attached hydrogens (tertiary/aromatic N) is 4. The number of aliphatic hydroxyl groups is 1. The second-order valence-electron chi connectivity index (χ2n) is 5.52.